The largest absolute Gasteiger partial charge is 0.483 e. The van der Waals surface area contributed by atoms with Gasteiger partial charge in [-0.1, -0.05) is 36.4 Å². The molecule has 0 bridgehead atoms. The van der Waals surface area contributed by atoms with E-state index < -0.39 is 23.0 Å². The zero-order chi connectivity index (χ0) is 24.7. The van der Waals surface area contributed by atoms with Gasteiger partial charge in [0.05, 0.1) is 5.54 Å². The lowest BCUT2D eigenvalue weighted by molar-refractivity contribution is 0.0609. The maximum absolute atomic E-state index is 14.0. The number of amides is 2. The van der Waals surface area contributed by atoms with E-state index in [9.17, 15) is 23.2 Å². The lowest BCUT2D eigenvalue weighted by atomic mass is 10.1. The Morgan fingerprint density at radius 2 is 1.86 bits per heavy atom. The first kappa shape index (κ1) is 22.8. The monoisotopic (exact) mass is 479 g/mol. The van der Waals surface area contributed by atoms with Crippen molar-refractivity contribution in [1.82, 2.24) is 14.8 Å². The van der Waals surface area contributed by atoms with Crippen LogP contribution in [-0.4, -0.2) is 33.9 Å². The van der Waals surface area contributed by atoms with Gasteiger partial charge >= 0.3 is 0 Å². The molecule has 3 aromatic rings. The molecule has 0 unspecified atom stereocenters. The van der Waals surface area contributed by atoms with Gasteiger partial charge in [-0.05, 0) is 24.5 Å². The van der Waals surface area contributed by atoms with E-state index in [1.807, 2.05) is 30.3 Å². The van der Waals surface area contributed by atoms with Crippen molar-refractivity contribution in [3.63, 3.8) is 0 Å². The summed E-state index contributed by atoms with van der Waals surface area (Å²) in [6.07, 6.45) is 3.02. The van der Waals surface area contributed by atoms with Crippen molar-refractivity contribution in [2.24, 2.45) is 0 Å². The van der Waals surface area contributed by atoms with Gasteiger partial charge in [0.1, 0.15) is 23.8 Å². The Balaban J connectivity index is 1.49. The Bertz CT molecular complexity index is 1380. The molecule has 1 saturated carbocycles. The van der Waals surface area contributed by atoms with Crippen molar-refractivity contribution in [2.45, 2.75) is 38.1 Å². The number of fused-ring (bicyclic) bond motifs is 1. The standard InChI is InChI=1S/C26H23F2N3O4/c1-30-25(34)21-23(35-14-16-5-3-2-4-6-16)22(32)19(13-31(21)15-26(30)9-10-26)24(33)29-12-17-7-8-18(27)11-20(17)28/h2-8,11,13H,9-10,12,14-15H2,1H3,(H,29,33). The minimum Gasteiger partial charge on any atom is -0.483 e. The summed E-state index contributed by atoms with van der Waals surface area (Å²) < 4.78 is 34.6. The number of hydrogen-bond acceptors (Lipinski definition) is 4. The molecular weight excluding hydrogens is 456 g/mol. The van der Waals surface area contributed by atoms with Gasteiger partial charge in [-0.25, -0.2) is 8.78 Å². The van der Waals surface area contributed by atoms with E-state index in [-0.39, 0.29) is 47.2 Å². The van der Waals surface area contributed by atoms with Crippen molar-refractivity contribution in [3.05, 3.63) is 99.0 Å². The van der Waals surface area contributed by atoms with Crippen LogP contribution in [0.15, 0.2) is 59.5 Å². The number of nitrogens with zero attached hydrogens (tertiary/aromatic N) is 2. The Morgan fingerprint density at radius 3 is 2.54 bits per heavy atom. The molecule has 2 aromatic carbocycles. The summed E-state index contributed by atoms with van der Waals surface area (Å²) >= 11 is 0. The molecule has 9 heteroatoms. The maximum Gasteiger partial charge on any atom is 0.274 e. The molecule has 0 saturated heterocycles. The van der Waals surface area contributed by atoms with Crippen LogP contribution in [0.1, 0.15) is 44.8 Å². The summed E-state index contributed by atoms with van der Waals surface area (Å²) in [5.74, 6) is -2.80. The minimum absolute atomic E-state index is 0.0388. The van der Waals surface area contributed by atoms with Crippen LogP contribution >= 0.6 is 0 Å². The Hall–Kier alpha value is -4.01. The van der Waals surface area contributed by atoms with Crippen molar-refractivity contribution in [1.29, 1.82) is 0 Å². The third-order valence-corrected chi connectivity index (χ3v) is 6.67. The molecule has 180 valence electrons. The van der Waals surface area contributed by atoms with Crippen LogP contribution in [0, 0.1) is 11.6 Å². The summed E-state index contributed by atoms with van der Waals surface area (Å²) in [6.45, 7) is 0.231. The fraction of sp³-hybridized carbons (Fsp3) is 0.269. The normalized spacial score (nSPS) is 15.6. The third kappa shape index (κ3) is 4.18. The fourth-order valence-corrected chi connectivity index (χ4v) is 4.38. The Labute approximate surface area is 199 Å². The highest BCUT2D eigenvalue weighted by molar-refractivity contribution is 5.99. The van der Waals surface area contributed by atoms with Crippen LogP contribution in [0.25, 0.3) is 0 Å². The molecule has 2 heterocycles. The predicted octanol–water partition coefficient (Wildman–Crippen LogP) is 3.25. The van der Waals surface area contributed by atoms with Gasteiger partial charge in [-0.3, -0.25) is 14.4 Å². The number of carbonyl (C=O) groups excluding carboxylic acids is 2. The molecule has 35 heavy (non-hydrogen) atoms. The second kappa shape index (κ2) is 8.65. The molecule has 1 aliphatic heterocycles. The first-order chi connectivity index (χ1) is 16.8. The van der Waals surface area contributed by atoms with Gasteiger partial charge in [-0.2, -0.15) is 0 Å². The van der Waals surface area contributed by atoms with E-state index >= 15 is 0 Å². The number of halogens is 2. The number of hydrogen-bond donors (Lipinski definition) is 1. The quantitative estimate of drug-likeness (QED) is 0.589. The van der Waals surface area contributed by atoms with E-state index in [1.54, 1.807) is 16.5 Å². The highest BCUT2D eigenvalue weighted by atomic mass is 19.1. The molecular formula is C26H23F2N3O4. The molecule has 2 amide bonds. The fourth-order valence-electron chi connectivity index (χ4n) is 4.38. The molecule has 1 spiro atoms. The van der Waals surface area contributed by atoms with E-state index in [1.165, 1.54) is 12.3 Å². The number of rotatable bonds is 6. The molecule has 0 radical (unpaired) electrons. The average molecular weight is 479 g/mol. The second-order valence-electron chi connectivity index (χ2n) is 8.96. The van der Waals surface area contributed by atoms with Gasteiger partial charge in [0.2, 0.25) is 5.43 Å². The van der Waals surface area contributed by atoms with Crippen LogP contribution in [0.3, 0.4) is 0 Å². The maximum atomic E-state index is 14.0. The van der Waals surface area contributed by atoms with Gasteiger partial charge in [0.15, 0.2) is 11.4 Å². The predicted molar refractivity (Wildman–Crippen MR) is 123 cm³/mol. The number of aromatic nitrogens is 1. The number of benzene rings is 2. The van der Waals surface area contributed by atoms with E-state index in [0.29, 0.717) is 6.54 Å². The topological polar surface area (TPSA) is 80.6 Å². The first-order valence-electron chi connectivity index (χ1n) is 11.2. The van der Waals surface area contributed by atoms with E-state index in [2.05, 4.69) is 5.32 Å². The molecule has 5 rings (SSSR count). The summed E-state index contributed by atoms with van der Waals surface area (Å²) in [5, 5.41) is 2.51. The molecule has 7 nitrogen and oxygen atoms in total. The van der Waals surface area contributed by atoms with E-state index in [4.69, 9.17) is 4.74 Å². The van der Waals surface area contributed by atoms with Crippen LogP contribution in [0.2, 0.25) is 0 Å². The van der Waals surface area contributed by atoms with Gasteiger partial charge in [-0.15, -0.1) is 0 Å². The zero-order valence-electron chi connectivity index (χ0n) is 19.0. The molecule has 2 aliphatic rings. The zero-order valence-corrected chi connectivity index (χ0v) is 19.0. The SMILES string of the molecule is CN1C(=O)c2c(OCc3ccccc3)c(=O)c(C(=O)NCc3ccc(F)cc3F)cn2CC12CC2. The smallest absolute Gasteiger partial charge is 0.274 e. The second-order valence-corrected chi connectivity index (χ2v) is 8.96. The van der Waals surface area contributed by atoms with Gasteiger partial charge in [0.25, 0.3) is 11.8 Å². The van der Waals surface area contributed by atoms with Crippen LogP contribution < -0.4 is 15.5 Å². The molecule has 1 aliphatic carbocycles. The molecule has 1 fully saturated rings. The molecule has 0 atom stereocenters. The van der Waals surface area contributed by atoms with Crippen molar-refractivity contribution >= 4 is 11.8 Å². The van der Waals surface area contributed by atoms with Crippen LogP contribution in [0.4, 0.5) is 8.78 Å². The van der Waals surface area contributed by atoms with Gasteiger partial charge < -0.3 is 19.5 Å². The Morgan fingerprint density at radius 1 is 1.11 bits per heavy atom. The number of carbonyl (C=O) groups is 2. The minimum atomic E-state index is -0.802. The summed E-state index contributed by atoms with van der Waals surface area (Å²) in [7, 11) is 1.71. The number of nitrogens with one attached hydrogen (secondary N) is 1. The molecule has 1 N–H and O–H groups in total. The summed E-state index contributed by atoms with van der Waals surface area (Å²) in [5.41, 5.74) is -0.298. The lowest BCUT2D eigenvalue weighted by Crippen LogP contribution is -2.49. The average Bonchev–Trinajstić information content (AvgIpc) is 3.62. The summed E-state index contributed by atoms with van der Waals surface area (Å²) in [6, 6.07) is 12.2. The van der Waals surface area contributed by atoms with Crippen molar-refractivity contribution in [3.8, 4) is 5.75 Å². The van der Waals surface area contributed by atoms with Crippen LogP contribution in [-0.2, 0) is 19.7 Å². The number of likely N-dealkylation sites (N-methyl/N-ethyl adjacent to an activating group) is 1. The van der Waals surface area contributed by atoms with Gasteiger partial charge in [0, 0.05) is 38.0 Å². The van der Waals surface area contributed by atoms with Crippen molar-refractivity contribution < 1.29 is 23.1 Å². The van der Waals surface area contributed by atoms with Crippen molar-refractivity contribution in [2.75, 3.05) is 7.05 Å². The summed E-state index contributed by atoms with van der Waals surface area (Å²) in [4.78, 5) is 41.2. The third-order valence-electron chi connectivity index (χ3n) is 6.67. The highest BCUT2D eigenvalue weighted by Gasteiger charge is 2.53. The van der Waals surface area contributed by atoms with E-state index in [0.717, 1.165) is 30.5 Å². The van der Waals surface area contributed by atoms with Crippen LogP contribution in [0.5, 0.6) is 5.75 Å². The number of ether oxygens (including phenoxy) is 1. The lowest BCUT2D eigenvalue weighted by Gasteiger charge is -2.36. The number of pyridine rings is 1. The Kier molecular flexibility index (Phi) is 5.62. The first-order valence-corrected chi connectivity index (χ1v) is 11.2. The molecule has 1 aromatic heterocycles. The highest BCUT2D eigenvalue weighted by Crippen LogP contribution is 2.46.